The maximum Gasteiger partial charge on any atom is 0.233 e. The van der Waals surface area contributed by atoms with Gasteiger partial charge in [0.15, 0.2) is 0 Å². The third-order valence-electron chi connectivity index (χ3n) is 4.71. The summed E-state index contributed by atoms with van der Waals surface area (Å²) >= 11 is 0. The third kappa shape index (κ3) is 5.70. The fourth-order valence-corrected chi connectivity index (χ4v) is 3.13. The molecule has 4 aromatic rings. The average molecular weight is 423 g/mol. The van der Waals surface area contributed by atoms with Gasteiger partial charge in [0.2, 0.25) is 17.8 Å². The zero-order chi connectivity index (χ0) is 22.3. The van der Waals surface area contributed by atoms with Crippen LogP contribution in [0.4, 0.5) is 29.2 Å². The summed E-state index contributed by atoms with van der Waals surface area (Å²) in [4.78, 5) is 15.5. The predicted molar refractivity (Wildman–Crippen MR) is 134 cm³/mol. The Labute approximate surface area is 188 Å². The maximum absolute atomic E-state index is 4.57. The van der Waals surface area contributed by atoms with Crippen molar-refractivity contribution in [3.05, 3.63) is 95.6 Å². The van der Waals surface area contributed by atoms with Crippen LogP contribution in [-0.4, -0.2) is 29.0 Å². The molecule has 6 nitrogen and oxygen atoms in total. The van der Waals surface area contributed by atoms with Gasteiger partial charge in [-0.3, -0.25) is 0 Å². The molecule has 3 aromatic carbocycles. The average Bonchev–Trinajstić information content (AvgIpc) is 2.78. The van der Waals surface area contributed by atoms with Crippen LogP contribution in [0.25, 0.3) is 12.2 Å². The van der Waals surface area contributed by atoms with Crippen molar-refractivity contribution >= 4 is 41.4 Å². The fraction of sp³-hybridized carbons (Fsp3) is 0.115. The Kier molecular flexibility index (Phi) is 6.41. The highest BCUT2D eigenvalue weighted by atomic mass is 15.3. The van der Waals surface area contributed by atoms with Crippen molar-refractivity contribution in [1.29, 1.82) is 0 Å². The molecule has 0 aliphatic heterocycles. The molecule has 0 aliphatic carbocycles. The molecule has 0 aliphatic rings. The highest BCUT2D eigenvalue weighted by molar-refractivity contribution is 5.72. The van der Waals surface area contributed by atoms with Gasteiger partial charge in [-0.05, 0) is 47.9 Å². The van der Waals surface area contributed by atoms with E-state index < -0.39 is 0 Å². The van der Waals surface area contributed by atoms with Crippen molar-refractivity contribution in [3.8, 4) is 0 Å². The van der Waals surface area contributed by atoms with Gasteiger partial charge in [0, 0.05) is 25.5 Å². The van der Waals surface area contributed by atoms with E-state index >= 15 is 0 Å². The van der Waals surface area contributed by atoms with Gasteiger partial charge < -0.3 is 15.5 Å². The molecular weight excluding hydrogens is 396 g/mol. The summed E-state index contributed by atoms with van der Waals surface area (Å²) in [5, 5.41) is 6.59. The third-order valence-corrected chi connectivity index (χ3v) is 4.71. The van der Waals surface area contributed by atoms with Crippen LogP contribution in [0, 0.1) is 6.92 Å². The standard InChI is InChI=1S/C26H26N6/c1-19-9-7-13-22(17-19)27-24-29-25(31-26(30-24)32(2)3)28-23-14-8-12-21(18-23)16-15-20-10-5-4-6-11-20/h4-18H,1-3H3,(H2,27,28,29,30,31)/b16-15+. The van der Waals surface area contributed by atoms with Gasteiger partial charge >= 0.3 is 0 Å². The molecule has 0 spiro atoms. The Morgan fingerprint density at radius 3 is 1.91 bits per heavy atom. The van der Waals surface area contributed by atoms with Gasteiger partial charge in [0.05, 0.1) is 0 Å². The minimum Gasteiger partial charge on any atom is -0.347 e. The molecule has 0 fully saturated rings. The van der Waals surface area contributed by atoms with Crippen molar-refractivity contribution in [2.45, 2.75) is 6.92 Å². The molecule has 0 atom stereocenters. The largest absolute Gasteiger partial charge is 0.347 e. The SMILES string of the molecule is Cc1cccc(Nc2nc(Nc3cccc(/C=C/c4ccccc4)c3)nc(N(C)C)n2)c1. The lowest BCUT2D eigenvalue weighted by Crippen LogP contribution is -2.15. The van der Waals surface area contributed by atoms with E-state index in [1.165, 1.54) is 0 Å². The molecule has 160 valence electrons. The smallest absolute Gasteiger partial charge is 0.233 e. The number of rotatable bonds is 7. The quantitative estimate of drug-likeness (QED) is 0.361. The van der Waals surface area contributed by atoms with E-state index in [4.69, 9.17) is 0 Å². The topological polar surface area (TPSA) is 66.0 Å². The van der Waals surface area contributed by atoms with Crippen LogP contribution in [0.5, 0.6) is 0 Å². The van der Waals surface area contributed by atoms with Crippen LogP contribution < -0.4 is 15.5 Å². The van der Waals surface area contributed by atoms with E-state index in [2.05, 4.69) is 81.1 Å². The minimum absolute atomic E-state index is 0.475. The van der Waals surface area contributed by atoms with Crippen LogP contribution in [0.1, 0.15) is 16.7 Å². The molecule has 0 unspecified atom stereocenters. The molecule has 4 rings (SSSR count). The molecule has 1 heterocycles. The molecule has 32 heavy (non-hydrogen) atoms. The first-order valence-corrected chi connectivity index (χ1v) is 10.4. The molecular formula is C26H26N6. The van der Waals surface area contributed by atoms with Crippen LogP contribution >= 0.6 is 0 Å². The number of benzene rings is 3. The summed E-state index contributed by atoms with van der Waals surface area (Å²) < 4.78 is 0. The summed E-state index contributed by atoms with van der Waals surface area (Å²) in [6.45, 7) is 2.05. The van der Waals surface area contributed by atoms with Gasteiger partial charge in [0.25, 0.3) is 0 Å². The van der Waals surface area contributed by atoms with E-state index in [1.807, 2.05) is 61.5 Å². The molecule has 6 heteroatoms. The first kappa shape index (κ1) is 21.1. The monoisotopic (exact) mass is 422 g/mol. The van der Waals surface area contributed by atoms with Gasteiger partial charge in [-0.25, -0.2) is 0 Å². The van der Waals surface area contributed by atoms with E-state index in [9.17, 15) is 0 Å². The molecule has 0 radical (unpaired) electrons. The van der Waals surface area contributed by atoms with Gasteiger partial charge in [-0.2, -0.15) is 15.0 Å². The lowest BCUT2D eigenvalue weighted by molar-refractivity contribution is 0.966. The van der Waals surface area contributed by atoms with Crippen LogP contribution in [-0.2, 0) is 0 Å². The summed E-state index contributed by atoms with van der Waals surface area (Å²) in [5.41, 5.74) is 5.23. The van der Waals surface area contributed by atoms with Crippen molar-refractivity contribution in [2.75, 3.05) is 29.6 Å². The highest BCUT2D eigenvalue weighted by Crippen LogP contribution is 2.21. The molecule has 2 N–H and O–H groups in total. The van der Waals surface area contributed by atoms with Crippen LogP contribution in [0.2, 0.25) is 0 Å². The normalized spacial score (nSPS) is 10.8. The number of nitrogens with one attached hydrogen (secondary N) is 2. The van der Waals surface area contributed by atoms with Crippen LogP contribution in [0.3, 0.4) is 0 Å². The van der Waals surface area contributed by atoms with E-state index in [0.717, 1.165) is 28.1 Å². The minimum atomic E-state index is 0.475. The summed E-state index contributed by atoms with van der Waals surface area (Å²) in [7, 11) is 3.81. The molecule has 1 aromatic heterocycles. The van der Waals surface area contributed by atoms with Crippen molar-refractivity contribution in [2.24, 2.45) is 0 Å². The first-order chi connectivity index (χ1) is 15.5. The summed E-state index contributed by atoms with van der Waals surface area (Å²) in [5.74, 6) is 1.53. The van der Waals surface area contributed by atoms with Crippen molar-refractivity contribution in [1.82, 2.24) is 15.0 Å². The molecule has 0 amide bonds. The van der Waals surface area contributed by atoms with E-state index in [0.29, 0.717) is 17.8 Å². The Morgan fingerprint density at radius 1 is 0.656 bits per heavy atom. The zero-order valence-electron chi connectivity index (χ0n) is 18.4. The van der Waals surface area contributed by atoms with Crippen LogP contribution in [0.15, 0.2) is 78.9 Å². The van der Waals surface area contributed by atoms with E-state index in [1.54, 1.807) is 0 Å². The second-order valence-electron chi connectivity index (χ2n) is 7.67. The molecule has 0 saturated heterocycles. The summed E-state index contributed by atoms with van der Waals surface area (Å²) in [6, 6.07) is 26.4. The highest BCUT2D eigenvalue weighted by Gasteiger charge is 2.09. The number of aromatic nitrogens is 3. The number of aryl methyl sites for hydroxylation is 1. The Balaban J connectivity index is 1.57. The van der Waals surface area contributed by atoms with Gasteiger partial charge in [-0.15, -0.1) is 0 Å². The second-order valence-corrected chi connectivity index (χ2v) is 7.67. The molecule has 0 bridgehead atoms. The van der Waals surface area contributed by atoms with E-state index in [-0.39, 0.29) is 0 Å². The lowest BCUT2D eigenvalue weighted by Gasteiger charge is -2.14. The van der Waals surface area contributed by atoms with Crippen molar-refractivity contribution < 1.29 is 0 Å². The number of nitrogens with zero attached hydrogens (tertiary/aromatic N) is 4. The lowest BCUT2D eigenvalue weighted by atomic mass is 10.1. The number of hydrogen-bond acceptors (Lipinski definition) is 6. The zero-order valence-corrected chi connectivity index (χ0v) is 18.4. The van der Waals surface area contributed by atoms with Gasteiger partial charge in [-0.1, -0.05) is 66.7 Å². The Hall–Kier alpha value is -4.19. The maximum atomic E-state index is 4.57. The summed E-state index contributed by atoms with van der Waals surface area (Å²) in [6.07, 6.45) is 4.18. The number of anilines is 5. The molecule has 0 saturated carbocycles. The second kappa shape index (κ2) is 9.75. The van der Waals surface area contributed by atoms with Gasteiger partial charge in [0.1, 0.15) is 0 Å². The number of hydrogen-bond donors (Lipinski definition) is 2. The Morgan fingerprint density at radius 2 is 1.25 bits per heavy atom. The predicted octanol–water partition coefficient (Wildman–Crippen LogP) is 5.90. The fourth-order valence-electron chi connectivity index (χ4n) is 3.13. The Bertz CT molecular complexity index is 1220. The first-order valence-electron chi connectivity index (χ1n) is 10.4. The van der Waals surface area contributed by atoms with Crippen molar-refractivity contribution in [3.63, 3.8) is 0 Å².